The number of carbonyl (C=O) groups excluding carboxylic acids is 2. The molecule has 0 aliphatic rings. The van der Waals surface area contributed by atoms with Crippen molar-refractivity contribution in [3.8, 4) is 0 Å². The molecule has 9 nitrogen and oxygen atoms in total. The molecule has 10 heteroatoms. The number of ether oxygens (including phenoxy) is 1. The molecule has 0 heterocycles. The molecule has 0 aromatic carbocycles. The second-order valence-corrected chi connectivity index (χ2v) is 21.6. The Morgan fingerprint density at radius 3 is 1.48 bits per heavy atom. The Bertz CT molecular complexity index is 1660. The van der Waals surface area contributed by atoms with E-state index in [1.807, 2.05) is 39.4 Å². The topological polar surface area (TPSA) is 111 Å². The monoisotopic (exact) mass is 1040 g/mol. The van der Waals surface area contributed by atoms with E-state index in [-0.39, 0.29) is 37.9 Å². The number of nitrogens with one attached hydrogen (secondary N) is 1. The van der Waals surface area contributed by atoms with Crippen molar-refractivity contribution < 1.29 is 37.3 Å². The molecule has 2 N–H and O–H groups in total. The molecule has 0 bridgehead atoms. The lowest BCUT2D eigenvalue weighted by Gasteiger charge is -2.27. The first-order valence-electron chi connectivity index (χ1n) is 28.9. The molecule has 0 aromatic heterocycles. The third kappa shape index (κ3) is 53.1. The van der Waals surface area contributed by atoms with Crippen molar-refractivity contribution in [3.63, 3.8) is 0 Å². The molecule has 0 aliphatic carbocycles. The number of esters is 1. The van der Waals surface area contributed by atoms with Crippen molar-refractivity contribution >= 4 is 19.7 Å². The van der Waals surface area contributed by atoms with Crippen LogP contribution in [-0.4, -0.2) is 74.3 Å². The van der Waals surface area contributed by atoms with Gasteiger partial charge in [-0.3, -0.25) is 18.6 Å². The lowest BCUT2D eigenvalue weighted by molar-refractivity contribution is -0.870. The summed E-state index contributed by atoms with van der Waals surface area (Å²) in [5.41, 5.74) is 0. The molecule has 3 unspecified atom stereocenters. The maximum absolute atomic E-state index is 13.5. The van der Waals surface area contributed by atoms with Crippen LogP contribution in [0.15, 0.2) is 122 Å². The van der Waals surface area contributed by atoms with Gasteiger partial charge in [0.2, 0.25) is 5.91 Å². The number of amides is 1. The summed E-state index contributed by atoms with van der Waals surface area (Å²) in [4.78, 5) is 37.6. The summed E-state index contributed by atoms with van der Waals surface area (Å²) in [5.74, 6) is -0.590. The fourth-order valence-electron chi connectivity index (χ4n) is 7.53. The molecule has 0 radical (unpaired) electrons. The maximum atomic E-state index is 13.5. The number of hydrogen-bond donors (Lipinski definition) is 2. The van der Waals surface area contributed by atoms with Crippen LogP contribution in [0.2, 0.25) is 0 Å². The van der Waals surface area contributed by atoms with Crippen LogP contribution in [0.5, 0.6) is 0 Å². The van der Waals surface area contributed by atoms with Gasteiger partial charge in [-0.1, -0.05) is 220 Å². The Balaban J connectivity index is 5.45. The van der Waals surface area contributed by atoms with Gasteiger partial charge in [-0.05, 0) is 102 Å². The normalized spacial score (nSPS) is 14.7. The average Bonchev–Trinajstić information content (AvgIpc) is 3.35. The number of hydrogen-bond acceptors (Lipinski definition) is 6. The fourth-order valence-corrected chi connectivity index (χ4v) is 8.27. The molecular formula is C63H108N2O7P+. The molecule has 1 amide bonds. The van der Waals surface area contributed by atoms with Crippen molar-refractivity contribution in [1.29, 1.82) is 0 Å². The highest BCUT2D eigenvalue weighted by Crippen LogP contribution is 2.43. The van der Waals surface area contributed by atoms with Crippen LogP contribution in [0, 0.1) is 0 Å². The fraction of sp³-hybridized carbons (Fsp3) is 0.651. The smallest absolute Gasteiger partial charge is 0.456 e. The molecule has 416 valence electrons. The quantitative estimate of drug-likeness (QED) is 0.0156. The van der Waals surface area contributed by atoms with Crippen molar-refractivity contribution in [2.24, 2.45) is 0 Å². The lowest BCUT2D eigenvalue weighted by atomic mass is 10.0. The zero-order valence-electron chi connectivity index (χ0n) is 47.3. The van der Waals surface area contributed by atoms with Gasteiger partial charge in [0.25, 0.3) is 0 Å². The van der Waals surface area contributed by atoms with E-state index in [1.54, 1.807) is 0 Å². The molecule has 0 aromatic rings. The first-order chi connectivity index (χ1) is 35.4. The maximum Gasteiger partial charge on any atom is 0.472 e. The SMILES string of the molecule is CC/C=C\C/C=C\C/C=C\C/C=C\C/C=C\C/C=C\CCCCC(=O)NC(COP(=O)(O)OCC[N+](C)(C)C)C(/C=C\CCCCCCCCCCCCC)OC(=O)CCCCCCC\C=C/C=C/C=C/CC. The molecular weight excluding hydrogens is 928 g/mol. The van der Waals surface area contributed by atoms with Gasteiger partial charge in [0, 0.05) is 12.8 Å². The van der Waals surface area contributed by atoms with Gasteiger partial charge in [0.1, 0.15) is 19.3 Å². The third-order valence-corrected chi connectivity index (χ3v) is 12.9. The minimum Gasteiger partial charge on any atom is -0.456 e. The molecule has 3 atom stereocenters. The summed E-state index contributed by atoms with van der Waals surface area (Å²) in [6, 6.07) is -0.888. The van der Waals surface area contributed by atoms with E-state index in [0.29, 0.717) is 23.9 Å². The second kappa shape index (κ2) is 51.9. The largest absolute Gasteiger partial charge is 0.472 e. The standard InChI is InChI=1S/C63H107N2O7P/c1-7-10-13-16-19-22-25-28-29-30-31-32-33-34-35-38-40-43-46-49-52-55-62(66)64-60(59-71-73(68,69)70-58-57-65(4,5)6)61(54-51-48-45-42-39-36-26-23-20-17-14-11-8-2)72-63(67)56-53-50-47-44-41-37-27-24-21-18-15-12-9-3/h10,12-13,15,18-19,21-22,24,27-29,31-32,34-35,40,43,51,54,60-61H,7-9,11,14,16-17,20,23,25-26,30,33,36-39,41-42,44-50,52-53,55-59H2,1-6H3,(H-,64,66,68,69)/p+1/b13-10-,15-12+,21-18+,22-19-,27-24-,29-28-,32-31-,35-34-,43-40-,54-51-. The van der Waals surface area contributed by atoms with E-state index in [9.17, 15) is 19.0 Å². The Labute approximate surface area is 448 Å². The van der Waals surface area contributed by atoms with Gasteiger partial charge in [-0.2, -0.15) is 0 Å². The van der Waals surface area contributed by atoms with Crippen molar-refractivity contribution in [2.75, 3.05) is 40.9 Å². The van der Waals surface area contributed by atoms with E-state index in [0.717, 1.165) is 109 Å². The summed E-state index contributed by atoms with van der Waals surface area (Å²) in [6.45, 7) is 6.69. The Hall–Kier alpha value is -3.59. The molecule has 0 rings (SSSR count). The van der Waals surface area contributed by atoms with E-state index >= 15 is 0 Å². The van der Waals surface area contributed by atoms with Crippen LogP contribution < -0.4 is 5.32 Å². The summed E-state index contributed by atoms with van der Waals surface area (Å²) in [7, 11) is 1.43. The van der Waals surface area contributed by atoms with Crippen molar-refractivity contribution in [3.05, 3.63) is 122 Å². The highest BCUT2D eigenvalue weighted by molar-refractivity contribution is 7.47. The molecule has 0 aliphatic heterocycles. The number of likely N-dealkylation sites (N-methyl/N-ethyl adjacent to an activating group) is 1. The van der Waals surface area contributed by atoms with Gasteiger partial charge >= 0.3 is 13.8 Å². The zero-order valence-corrected chi connectivity index (χ0v) is 48.2. The molecule has 0 saturated heterocycles. The number of quaternary nitrogens is 1. The lowest BCUT2D eigenvalue weighted by Crippen LogP contribution is -2.47. The molecule has 0 saturated carbocycles. The Kier molecular flexibility index (Phi) is 49.3. The minimum absolute atomic E-state index is 0.0212. The van der Waals surface area contributed by atoms with Crippen LogP contribution in [0.25, 0.3) is 0 Å². The van der Waals surface area contributed by atoms with E-state index in [1.165, 1.54) is 57.8 Å². The summed E-state index contributed by atoms with van der Waals surface area (Å²) in [5, 5.41) is 3.01. The number of unbranched alkanes of at least 4 members (excludes halogenated alkanes) is 18. The summed E-state index contributed by atoms with van der Waals surface area (Å²) in [6.07, 6.45) is 72.0. The van der Waals surface area contributed by atoms with Gasteiger partial charge in [0.05, 0.1) is 33.8 Å². The minimum atomic E-state index is -4.47. The van der Waals surface area contributed by atoms with E-state index < -0.39 is 20.0 Å². The van der Waals surface area contributed by atoms with Crippen LogP contribution in [0.3, 0.4) is 0 Å². The zero-order chi connectivity index (χ0) is 53.6. The van der Waals surface area contributed by atoms with Gasteiger partial charge < -0.3 is 19.4 Å². The van der Waals surface area contributed by atoms with Gasteiger partial charge in [0.15, 0.2) is 0 Å². The highest BCUT2D eigenvalue weighted by Gasteiger charge is 2.30. The Morgan fingerprint density at radius 2 is 0.945 bits per heavy atom. The van der Waals surface area contributed by atoms with E-state index in [2.05, 4.69) is 129 Å². The van der Waals surface area contributed by atoms with Crippen molar-refractivity contribution in [1.82, 2.24) is 5.32 Å². The summed E-state index contributed by atoms with van der Waals surface area (Å²) >= 11 is 0. The highest BCUT2D eigenvalue weighted by atomic mass is 31.2. The predicted octanol–water partition coefficient (Wildman–Crippen LogP) is 17.5. The number of phosphoric acid groups is 1. The molecule has 73 heavy (non-hydrogen) atoms. The number of nitrogens with zero attached hydrogens (tertiary/aromatic N) is 1. The first kappa shape index (κ1) is 69.4. The van der Waals surface area contributed by atoms with Gasteiger partial charge in [-0.25, -0.2) is 4.57 Å². The number of allylic oxidation sites excluding steroid dienone is 19. The van der Waals surface area contributed by atoms with Crippen LogP contribution in [0.4, 0.5) is 0 Å². The van der Waals surface area contributed by atoms with Crippen LogP contribution >= 0.6 is 7.82 Å². The van der Waals surface area contributed by atoms with E-state index in [4.69, 9.17) is 13.8 Å². The van der Waals surface area contributed by atoms with Crippen LogP contribution in [-0.2, 0) is 27.9 Å². The first-order valence-corrected chi connectivity index (χ1v) is 30.4. The average molecular weight is 1040 g/mol. The third-order valence-electron chi connectivity index (χ3n) is 12.0. The second-order valence-electron chi connectivity index (χ2n) is 20.1. The predicted molar refractivity (Wildman–Crippen MR) is 313 cm³/mol. The number of rotatable bonds is 50. The van der Waals surface area contributed by atoms with Crippen molar-refractivity contribution in [2.45, 2.75) is 226 Å². The number of carbonyl (C=O) groups is 2. The molecule has 0 spiro atoms. The van der Waals surface area contributed by atoms with Gasteiger partial charge in [-0.15, -0.1) is 0 Å². The Morgan fingerprint density at radius 1 is 0.507 bits per heavy atom. The molecule has 0 fully saturated rings. The number of phosphoric ester groups is 1. The van der Waals surface area contributed by atoms with Crippen LogP contribution in [0.1, 0.15) is 213 Å². The summed E-state index contributed by atoms with van der Waals surface area (Å²) < 4.78 is 30.6.